The van der Waals surface area contributed by atoms with Crippen molar-refractivity contribution in [1.82, 2.24) is 18.1 Å². The maximum absolute atomic E-state index is 10.00. The van der Waals surface area contributed by atoms with Crippen molar-refractivity contribution in [2.45, 2.75) is 131 Å². The second kappa shape index (κ2) is 26.1. The third-order valence-corrected chi connectivity index (χ3v) is 27.1. The lowest BCUT2D eigenvalue weighted by atomic mass is 9.33. The molecule has 122 heavy (non-hydrogen) atoms. The first-order valence-electron chi connectivity index (χ1n) is 45.8. The van der Waals surface area contributed by atoms with E-state index in [2.05, 4.69) is 412 Å². The maximum Gasteiger partial charge on any atom is 0.252 e. The number of hydrogen-bond acceptors (Lipinski definition) is 1. The van der Waals surface area contributed by atoms with Crippen LogP contribution in [0.5, 0.6) is 0 Å². The van der Waals surface area contributed by atoms with Crippen LogP contribution >= 0.6 is 0 Å². The lowest BCUT2D eigenvalue weighted by Gasteiger charge is -2.43. The van der Waals surface area contributed by atoms with Gasteiger partial charge in [0.1, 0.15) is 0 Å². The summed E-state index contributed by atoms with van der Waals surface area (Å²) in [5, 5.41) is 15.8. The van der Waals surface area contributed by atoms with Crippen LogP contribution in [-0.2, 0) is 27.1 Å². The van der Waals surface area contributed by atoms with E-state index >= 15 is 0 Å². The molecule has 590 valence electrons. The molecule has 0 unspecified atom stereocenters. The van der Waals surface area contributed by atoms with Crippen LogP contribution in [0.3, 0.4) is 0 Å². The van der Waals surface area contributed by atoms with Gasteiger partial charge < -0.3 is 23.0 Å². The van der Waals surface area contributed by atoms with E-state index in [1.54, 1.807) is 0 Å². The van der Waals surface area contributed by atoms with Gasteiger partial charge in [0.25, 0.3) is 6.71 Å². The molecular weight excluding hydrogens is 1470 g/mol. The third-order valence-electron chi connectivity index (χ3n) is 27.1. The molecule has 7 heterocycles. The van der Waals surface area contributed by atoms with Gasteiger partial charge in [0.15, 0.2) is 0 Å². The van der Waals surface area contributed by atoms with Gasteiger partial charge in [-0.15, -0.1) is 0 Å². The molecule has 16 aromatic carbocycles. The molecule has 5 nitrogen and oxygen atoms in total. The number of benzene rings is 16. The summed E-state index contributed by atoms with van der Waals surface area (Å²) in [6.45, 7) is 34.2. The van der Waals surface area contributed by atoms with Gasteiger partial charge in [-0.1, -0.05) is 316 Å². The molecule has 0 spiro atoms. The molecule has 0 aliphatic carbocycles. The fourth-order valence-corrected chi connectivity index (χ4v) is 20.9. The van der Waals surface area contributed by atoms with Crippen molar-refractivity contribution in [3.63, 3.8) is 0 Å². The molecular formula is C116H98BN5. The van der Waals surface area contributed by atoms with E-state index in [1.807, 2.05) is 6.07 Å². The smallest absolute Gasteiger partial charge is 0.252 e. The first kappa shape index (κ1) is 68.4. The molecule has 0 atom stereocenters. The number of fused-ring (bicyclic) bond motifs is 24. The fourth-order valence-electron chi connectivity index (χ4n) is 20.9. The molecule has 0 fully saturated rings. The summed E-state index contributed by atoms with van der Waals surface area (Å²) < 4.78 is 58.3. The average Bonchev–Trinajstić information content (AvgIpc) is 1.55. The topological polar surface area (TPSA) is 22.4 Å². The van der Waals surface area contributed by atoms with Gasteiger partial charge >= 0.3 is 0 Å². The monoisotopic (exact) mass is 1580 g/mol. The Hall–Kier alpha value is -13.4. The maximum atomic E-state index is 10.00. The molecule has 2 aliphatic heterocycles. The molecule has 5 aromatic heterocycles. The number of anilines is 3. The minimum Gasteiger partial charge on any atom is -0.310 e. The Morgan fingerprint density at radius 3 is 1.21 bits per heavy atom. The first-order chi connectivity index (χ1) is 60.8. The minimum atomic E-state index is -0.539. The number of nitrogens with zero attached hydrogens (tertiary/aromatic N) is 5. The average molecular weight is 1580 g/mol. The van der Waals surface area contributed by atoms with Crippen molar-refractivity contribution in [3.05, 3.63) is 349 Å². The van der Waals surface area contributed by atoms with E-state index in [0.717, 1.165) is 182 Å². The lowest BCUT2D eigenvalue weighted by molar-refractivity contribution is 0.590. The highest BCUT2D eigenvalue weighted by atomic mass is 15.2. The largest absolute Gasteiger partial charge is 0.310 e. The Kier molecular flexibility index (Phi) is 14.6. The summed E-state index contributed by atoms with van der Waals surface area (Å²) in [5.74, 6) is 0. The van der Waals surface area contributed by atoms with E-state index in [-0.39, 0.29) is 44.7 Å². The van der Waals surface area contributed by atoms with E-state index < -0.39 is 24.8 Å². The van der Waals surface area contributed by atoms with Gasteiger partial charge in [-0.05, 0) is 224 Å². The van der Waals surface area contributed by atoms with Crippen molar-refractivity contribution in [2.75, 3.05) is 4.90 Å². The molecule has 0 bridgehead atoms. The molecule has 0 saturated carbocycles. The number of hydrogen-bond donors (Lipinski definition) is 0. The second-order valence-electron chi connectivity index (χ2n) is 39.7. The Balaban J connectivity index is 0.972. The van der Waals surface area contributed by atoms with Crippen LogP contribution in [0.4, 0.5) is 17.1 Å². The van der Waals surface area contributed by atoms with Gasteiger partial charge in [0.2, 0.25) is 0 Å². The molecule has 0 amide bonds. The molecule has 23 rings (SSSR count). The molecule has 6 heteroatoms. The van der Waals surface area contributed by atoms with Crippen LogP contribution in [0.2, 0.25) is 0 Å². The summed E-state index contributed by atoms with van der Waals surface area (Å²) in [7, 11) is 0. The number of rotatable bonds is 6. The highest BCUT2D eigenvalue weighted by molar-refractivity contribution is 7.00. The predicted octanol–water partition coefficient (Wildman–Crippen LogP) is 29.7. The molecule has 0 saturated heterocycles. The third kappa shape index (κ3) is 10.9. The zero-order chi connectivity index (χ0) is 87.6. The van der Waals surface area contributed by atoms with Gasteiger partial charge in [0, 0.05) is 93.3 Å². The summed E-state index contributed by atoms with van der Waals surface area (Å²) in [5.41, 5.74) is 28.9. The van der Waals surface area contributed by atoms with Crippen molar-refractivity contribution >= 4 is 165 Å². The first-order valence-corrected chi connectivity index (χ1v) is 43.3. The standard InChI is InChI=1S/C116H98BN5/c1-112(2,3)73-47-53-98-89(59-73)90-60-74(113(4,5)6)48-54-99(90)118(98)78-51-57-102-93(65-78)94-66-79(119-100-55-49-75(114(7,8)9)61-91(100)92-62-76(115(10,11)12)50-56-101(92)119)67-96-110(94)121(102)105-68-104-106(86-44-31-43-85-83-41-28-26-39-81(83)80-38-25-27-40-82(80)84-42-29-30-45-97(84)120(104)108(85)86)111-107(105)117(96)95-52-46-72(69-32-19-16-20-33-69)58-103(95)122(111)109-87(70-34-21-17-22-35-70)63-77(116(13,14)15)64-88(109)71-36-23-18-24-37-71/h16-68H,1-15H3/i16D,19D,20D,32D,33D. The molecule has 2 aliphatic rings. The summed E-state index contributed by atoms with van der Waals surface area (Å²) in [6, 6.07) is 109. The summed E-state index contributed by atoms with van der Waals surface area (Å²) in [4.78, 5) is 2.60. The van der Waals surface area contributed by atoms with Crippen LogP contribution in [0.15, 0.2) is 321 Å². The Labute approximate surface area is 721 Å². The molecule has 0 N–H and O–H groups in total. The summed E-state index contributed by atoms with van der Waals surface area (Å²) in [6.07, 6.45) is 0. The quantitative estimate of drug-likeness (QED) is 0.152. The van der Waals surface area contributed by atoms with E-state index in [4.69, 9.17) is 1.37 Å². The Morgan fingerprint density at radius 1 is 0.254 bits per heavy atom. The molecule has 0 radical (unpaired) electrons. The van der Waals surface area contributed by atoms with Crippen molar-refractivity contribution < 1.29 is 6.85 Å². The van der Waals surface area contributed by atoms with Crippen LogP contribution < -0.4 is 21.3 Å². The zero-order valence-electron chi connectivity index (χ0n) is 77.0. The highest BCUT2D eigenvalue weighted by Crippen LogP contribution is 2.56. The van der Waals surface area contributed by atoms with Crippen LogP contribution in [0.25, 0.3) is 176 Å². The normalized spacial score (nSPS) is 13.9. The fraction of sp³-hybridized carbons (Fsp3) is 0.172. The van der Waals surface area contributed by atoms with Crippen molar-refractivity contribution in [1.29, 1.82) is 0 Å². The summed E-state index contributed by atoms with van der Waals surface area (Å²) >= 11 is 0. The van der Waals surface area contributed by atoms with Gasteiger partial charge in [-0.2, -0.15) is 0 Å². The SMILES string of the molecule is [2H]c1c([2H])c([2H])c(-c2ccc3c(c2)N(c2c(-c4ccccc4)cc(C(C)(C)C)cc2-c2ccccc2)c2c4c(cc5c2c2cccc6c7ccccc7c7ccccc7c7ccccc7n5c62)-n2c5ccc(-n6c7ccc(C(C)(C)C)cc7c7cc(C(C)(C)C)ccc76)cc5c5cc(-n6c7ccc(C(C)(C)C)cc7c7cc(C(C)(C)C)ccc76)cc(c52)B34)c([2H])c1[2H]. The molecule has 21 aromatic rings. The number of para-hydroxylation sites is 2. The van der Waals surface area contributed by atoms with E-state index in [1.165, 1.54) is 43.8 Å². The van der Waals surface area contributed by atoms with Gasteiger partial charge in [-0.25, -0.2) is 0 Å². The van der Waals surface area contributed by atoms with Crippen LogP contribution in [0, 0.1) is 0 Å². The minimum absolute atomic E-state index is 0.102. The Morgan fingerprint density at radius 2 is 0.689 bits per heavy atom. The van der Waals surface area contributed by atoms with E-state index in [0.29, 0.717) is 5.56 Å². The zero-order valence-corrected chi connectivity index (χ0v) is 72.0. The highest BCUT2D eigenvalue weighted by Gasteiger charge is 2.46. The van der Waals surface area contributed by atoms with Crippen molar-refractivity contribution in [2.24, 2.45) is 0 Å². The van der Waals surface area contributed by atoms with Crippen molar-refractivity contribution in [3.8, 4) is 50.4 Å². The van der Waals surface area contributed by atoms with Crippen LogP contribution in [0.1, 0.15) is 139 Å². The van der Waals surface area contributed by atoms with Gasteiger partial charge in [0.05, 0.1) is 62.4 Å². The van der Waals surface area contributed by atoms with Gasteiger partial charge in [-0.3, -0.25) is 0 Å². The lowest BCUT2D eigenvalue weighted by Crippen LogP contribution is -2.60. The van der Waals surface area contributed by atoms with E-state index in [9.17, 15) is 5.48 Å². The Bertz CT molecular complexity index is 8240. The number of aromatic nitrogens is 4. The second-order valence-corrected chi connectivity index (χ2v) is 39.7. The predicted molar refractivity (Wildman–Crippen MR) is 526 cm³/mol. The van der Waals surface area contributed by atoms with Crippen LogP contribution in [-0.4, -0.2) is 24.8 Å².